The van der Waals surface area contributed by atoms with Crippen molar-refractivity contribution in [3.05, 3.63) is 35.3 Å². The van der Waals surface area contributed by atoms with Crippen molar-refractivity contribution >= 4 is 23.2 Å². The van der Waals surface area contributed by atoms with E-state index in [-0.39, 0.29) is 12.3 Å². The topological polar surface area (TPSA) is 77.5 Å². The fourth-order valence-corrected chi connectivity index (χ4v) is 3.07. The number of hydrogen-bond acceptors (Lipinski definition) is 6. The average molecular weight is 362 g/mol. The number of carbonyl (C=O) groups is 2. The summed E-state index contributed by atoms with van der Waals surface area (Å²) in [6, 6.07) is 7.67. The molecule has 0 aliphatic carbocycles. The molecule has 1 N–H and O–H groups in total. The van der Waals surface area contributed by atoms with E-state index in [1.165, 1.54) is 18.4 Å². The molecule has 25 heavy (non-hydrogen) atoms. The number of hydrogen-bond donors (Lipinski definition) is 1. The van der Waals surface area contributed by atoms with Crippen LogP contribution in [0.4, 0.5) is 0 Å². The Bertz CT molecular complexity index is 738. The molecule has 134 valence electrons. The normalized spacial score (nSPS) is 11.0. The van der Waals surface area contributed by atoms with Gasteiger partial charge in [-0.15, -0.1) is 11.3 Å². The molecule has 2 rings (SSSR count). The smallest absolute Gasteiger partial charge is 0.330 e. The number of nitrogens with one attached hydrogen (secondary N) is 1. The standard InChI is InChI=1S/C18H22N2O4S/c1-5-24-14-8-6-12(7-9-14)16-19-13(11-25-16)10-15(21)20-18(2,3)17(22)23-4/h6-9,11H,5,10H2,1-4H3,(H,20,21). The van der Waals surface area contributed by atoms with Crippen molar-refractivity contribution in [2.45, 2.75) is 32.7 Å². The van der Waals surface area contributed by atoms with E-state index < -0.39 is 11.5 Å². The van der Waals surface area contributed by atoms with Gasteiger partial charge in [0.15, 0.2) is 0 Å². The summed E-state index contributed by atoms with van der Waals surface area (Å²) in [4.78, 5) is 28.3. The zero-order valence-corrected chi connectivity index (χ0v) is 15.6. The summed E-state index contributed by atoms with van der Waals surface area (Å²) >= 11 is 1.47. The van der Waals surface area contributed by atoms with Crippen molar-refractivity contribution in [1.29, 1.82) is 0 Å². The molecule has 1 heterocycles. The highest BCUT2D eigenvalue weighted by Gasteiger charge is 2.30. The van der Waals surface area contributed by atoms with E-state index in [2.05, 4.69) is 15.0 Å². The van der Waals surface area contributed by atoms with Crippen LogP contribution in [0.5, 0.6) is 5.75 Å². The van der Waals surface area contributed by atoms with E-state index in [0.717, 1.165) is 16.3 Å². The molecule has 0 spiro atoms. The lowest BCUT2D eigenvalue weighted by Crippen LogP contribution is -2.50. The van der Waals surface area contributed by atoms with Crippen LogP contribution in [0.2, 0.25) is 0 Å². The minimum atomic E-state index is -1.07. The first-order valence-corrected chi connectivity index (χ1v) is 8.80. The monoisotopic (exact) mass is 362 g/mol. The number of carbonyl (C=O) groups excluding carboxylic acids is 2. The lowest BCUT2D eigenvalue weighted by Gasteiger charge is -2.22. The maximum absolute atomic E-state index is 12.1. The van der Waals surface area contributed by atoms with Gasteiger partial charge in [-0.2, -0.15) is 0 Å². The highest BCUT2D eigenvalue weighted by atomic mass is 32.1. The quantitative estimate of drug-likeness (QED) is 0.767. The maximum atomic E-state index is 12.1. The molecule has 6 nitrogen and oxygen atoms in total. The Hall–Kier alpha value is -2.41. The third kappa shape index (κ3) is 5.03. The Kier molecular flexibility index (Phi) is 6.14. The molecule has 1 aromatic carbocycles. The largest absolute Gasteiger partial charge is 0.494 e. The number of aromatic nitrogens is 1. The molecule has 1 amide bonds. The zero-order chi connectivity index (χ0) is 18.4. The summed E-state index contributed by atoms with van der Waals surface area (Å²) in [6.07, 6.45) is 0.105. The predicted molar refractivity (Wildman–Crippen MR) is 96.7 cm³/mol. The number of thiazole rings is 1. The van der Waals surface area contributed by atoms with Crippen molar-refractivity contribution in [2.24, 2.45) is 0 Å². The van der Waals surface area contributed by atoms with Gasteiger partial charge in [-0.05, 0) is 45.0 Å². The van der Waals surface area contributed by atoms with E-state index in [9.17, 15) is 9.59 Å². The molecule has 0 saturated carbocycles. The van der Waals surface area contributed by atoms with Gasteiger partial charge in [0, 0.05) is 10.9 Å². The van der Waals surface area contributed by atoms with Crippen molar-refractivity contribution < 1.29 is 19.1 Å². The second kappa shape index (κ2) is 8.11. The predicted octanol–water partition coefficient (Wildman–Crippen LogP) is 2.82. The van der Waals surface area contributed by atoms with Crippen molar-refractivity contribution in [3.8, 4) is 16.3 Å². The van der Waals surface area contributed by atoms with Crippen molar-refractivity contribution in [3.63, 3.8) is 0 Å². The minimum absolute atomic E-state index is 0.105. The Labute approximate surface area is 151 Å². The number of methoxy groups -OCH3 is 1. The SMILES string of the molecule is CCOc1ccc(-c2nc(CC(=O)NC(C)(C)C(=O)OC)cs2)cc1. The van der Waals surface area contributed by atoms with E-state index >= 15 is 0 Å². The van der Waals surface area contributed by atoms with Gasteiger partial charge in [-0.3, -0.25) is 4.79 Å². The molecule has 1 aromatic heterocycles. The summed E-state index contributed by atoms with van der Waals surface area (Å²) in [5.74, 6) is 0.0422. The number of amides is 1. The second-order valence-corrected chi connectivity index (χ2v) is 6.80. The molecule has 0 aliphatic heterocycles. The summed E-state index contributed by atoms with van der Waals surface area (Å²) in [6.45, 7) is 5.76. The fraction of sp³-hybridized carbons (Fsp3) is 0.389. The highest BCUT2D eigenvalue weighted by Crippen LogP contribution is 2.26. The van der Waals surface area contributed by atoms with Crippen molar-refractivity contribution in [1.82, 2.24) is 10.3 Å². The molecule has 2 aromatic rings. The van der Waals surface area contributed by atoms with Gasteiger partial charge in [0.05, 0.1) is 25.8 Å². The first kappa shape index (κ1) is 18.9. The number of ether oxygens (including phenoxy) is 2. The van der Waals surface area contributed by atoms with Crippen LogP contribution in [0, 0.1) is 0 Å². The molecule has 0 atom stereocenters. The molecular weight excluding hydrogens is 340 g/mol. The third-order valence-electron chi connectivity index (χ3n) is 3.45. The zero-order valence-electron chi connectivity index (χ0n) is 14.8. The number of benzene rings is 1. The van der Waals surface area contributed by atoms with Gasteiger partial charge in [0.1, 0.15) is 16.3 Å². The van der Waals surface area contributed by atoms with Crippen LogP contribution >= 0.6 is 11.3 Å². The summed E-state index contributed by atoms with van der Waals surface area (Å²) in [5.41, 5.74) is 0.557. The minimum Gasteiger partial charge on any atom is -0.494 e. The lowest BCUT2D eigenvalue weighted by molar-refractivity contribution is -0.149. The highest BCUT2D eigenvalue weighted by molar-refractivity contribution is 7.13. The Morgan fingerprint density at radius 2 is 1.92 bits per heavy atom. The van der Waals surface area contributed by atoms with Crippen LogP contribution in [0.3, 0.4) is 0 Å². The van der Waals surface area contributed by atoms with Crippen LogP contribution in [-0.2, 0) is 20.7 Å². The van der Waals surface area contributed by atoms with Gasteiger partial charge in [0.25, 0.3) is 0 Å². The molecule has 7 heteroatoms. The Morgan fingerprint density at radius 3 is 2.52 bits per heavy atom. The number of esters is 1. The maximum Gasteiger partial charge on any atom is 0.330 e. The summed E-state index contributed by atoms with van der Waals surface area (Å²) in [5, 5.41) is 5.34. The van der Waals surface area contributed by atoms with Crippen LogP contribution in [0.1, 0.15) is 26.5 Å². The molecule has 0 saturated heterocycles. The molecular formula is C18H22N2O4S. The van der Waals surface area contributed by atoms with Gasteiger partial charge in [-0.25, -0.2) is 9.78 Å². The number of nitrogens with zero attached hydrogens (tertiary/aromatic N) is 1. The van der Waals surface area contributed by atoms with E-state index in [1.807, 2.05) is 36.6 Å². The first-order valence-electron chi connectivity index (χ1n) is 7.92. The first-order chi connectivity index (χ1) is 11.9. The van der Waals surface area contributed by atoms with Gasteiger partial charge >= 0.3 is 5.97 Å². The molecule has 0 aliphatic rings. The second-order valence-electron chi connectivity index (χ2n) is 5.94. The third-order valence-corrected chi connectivity index (χ3v) is 4.39. The lowest BCUT2D eigenvalue weighted by atomic mass is 10.1. The van der Waals surface area contributed by atoms with Gasteiger partial charge < -0.3 is 14.8 Å². The van der Waals surface area contributed by atoms with Crippen LogP contribution in [0.15, 0.2) is 29.6 Å². The summed E-state index contributed by atoms with van der Waals surface area (Å²) in [7, 11) is 1.29. The van der Waals surface area contributed by atoms with Crippen LogP contribution in [-0.4, -0.2) is 36.1 Å². The fourth-order valence-electron chi connectivity index (χ4n) is 2.24. The molecule has 0 fully saturated rings. The molecule has 0 radical (unpaired) electrons. The molecule has 0 bridgehead atoms. The van der Waals surface area contributed by atoms with E-state index in [4.69, 9.17) is 4.74 Å². The van der Waals surface area contributed by atoms with Crippen LogP contribution < -0.4 is 10.1 Å². The van der Waals surface area contributed by atoms with E-state index in [1.54, 1.807) is 13.8 Å². The Balaban J connectivity index is 2.01. The van der Waals surface area contributed by atoms with Gasteiger partial charge in [0.2, 0.25) is 5.91 Å². The molecule has 0 unspecified atom stereocenters. The van der Waals surface area contributed by atoms with E-state index in [0.29, 0.717) is 12.3 Å². The summed E-state index contributed by atoms with van der Waals surface area (Å²) < 4.78 is 10.1. The average Bonchev–Trinajstić information content (AvgIpc) is 3.02. The van der Waals surface area contributed by atoms with Crippen LogP contribution in [0.25, 0.3) is 10.6 Å². The Morgan fingerprint density at radius 1 is 1.24 bits per heavy atom. The number of rotatable bonds is 7. The van der Waals surface area contributed by atoms with Gasteiger partial charge in [-0.1, -0.05) is 0 Å². The van der Waals surface area contributed by atoms with Crippen molar-refractivity contribution in [2.75, 3.05) is 13.7 Å².